The topological polar surface area (TPSA) is 40.5 Å². The van der Waals surface area contributed by atoms with Crippen molar-refractivity contribution in [1.82, 2.24) is 4.90 Å². The Kier molecular flexibility index (Phi) is 2.67. The lowest BCUT2D eigenvalue weighted by Gasteiger charge is -2.37. The van der Waals surface area contributed by atoms with Crippen molar-refractivity contribution in [2.24, 2.45) is 0 Å². The van der Waals surface area contributed by atoms with Crippen LogP contribution in [0.15, 0.2) is 24.3 Å². The van der Waals surface area contributed by atoms with Gasteiger partial charge >= 0.3 is 5.97 Å². The summed E-state index contributed by atoms with van der Waals surface area (Å²) in [6.45, 7) is 2.90. The van der Waals surface area contributed by atoms with Crippen LogP contribution in [0.3, 0.4) is 0 Å². The van der Waals surface area contributed by atoms with Crippen LogP contribution in [0, 0.1) is 0 Å². The molecule has 0 aliphatic heterocycles. The minimum absolute atomic E-state index is 0.486. The molecule has 0 bridgehead atoms. The SMILES string of the molecule is CCN(C1CC1)C1(C(=O)O)Cc2ccccc2C1. The van der Waals surface area contributed by atoms with Crippen LogP contribution in [0.4, 0.5) is 0 Å². The Hall–Kier alpha value is -1.35. The summed E-state index contributed by atoms with van der Waals surface area (Å²) in [7, 11) is 0. The quantitative estimate of drug-likeness (QED) is 0.883. The molecule has 2 aliphatic carbocycles. The van der Waals surface area contributed by atoms with Crippen molar-refractivity contribution in [1.29, 1.82) is 0 Å². The van der Waals surface area contributed by atoms with Gasteiger partial charge in [0, 0.05) is 18.9 Å². The maximum absolute atomic E-state index is 11.9. The van der Waals surface area contributed by atoms with Crippen molar-refractivity contribution < 1.29 is 9.90 Å². The summed E-state index contributed by atoms with van der Waals surface area (Å²) in [6, 6.07) is 8.64. The Morgan fingerprint density at radius 2 is 1.89 bits per heavy atom. The summed E-state index contributed by atoms with van der Waals surface area (Å²) in [6.07, 6.45) is 3.62. The van der Waals surface area contributed by atoms with Gasteiger partial charge in [0.1, 0.15) is 5.54 Å². The van der Waals surface area contributed by atoms with Gasteiger partial charge in [-0.1, -0.05) is 31.2 Å². The average Bonchev–Trinajstić information content (AvgIpc) is 3.09. The molecule has 0 spiro atoms. The van der Waals surface area contributed by atoms with Crippen molar-refractivity contribution in [3.63, 3.8) is 0 Å². The first-order valence-corrected chi connectivity index (χ1v) is 6.74. The Balaban J connectivity index is 1.98. The molecule has 96 valence electrons. The minimum Gasteiger partial charge on any atom is -0.480 e. The molecule has 0 atom stereocenters. The van der Waals surface area contributed by atoms with E-state index in [9.17, 15) is 9.90 Å². The minimum atomic E-state index is -0.695. The summed E-state index contributed by atoms with van der Waals surface area (Å²) in [5, 5.41) is 9.77. The Labute approximate surface area is 107 Å². The molecule has 1 saturated carbocycles. The number of rotatable bonds is 4. The molecule has 0 heterocycles. The molecule has 3 rings (SSSR count). The zero-order valence-corrected chi connectivity index (χ0v) is 10.7. The van der Waals surface area contributed by atoms with Crippen molar-refractivity contribution in [3.05, 3.63) is 35.4 Å². The molecule has 3 nitrogen and oxygen atoms in total. The van der Waals surface area contributed by atoms with Crippen LogP contribution in [0.25, 0.3) is 0 Å². The van der Waals surface area contributed by atoms with Gasteiger partial charge in [-0.05, 0) is 30.5 Å². The van der Waals surface area contributed by atoms with E-state index in [2.05, 4.69) is 24.0 Å². The highest BCUT2D eigenvalue weighted by Crippen LogP contribution is 2.41. The van der Waals surface area contributed by atoms with Gasteiger partial charge in [0.25, 0.3) is 0 Å². The highest BCUT2D eigenvalue weighted by Gasteiger charge is 2.52. The number of aliphatic carboxylic acids is 1. The summed E-state index contributed by atoms with van der Waals surface area (Å²) in [5.74, 6) is -0.660. The zero-order chi connectivity index (χ0) is 12.8. The van der Waals surface area contributed by atoms with E-state index >= 15 is 0 Å². The van der Waals surface area contributed by atoms with E-state index in [1.54, 1.807) is 0 Å². The van der Waals surface area contributed by atoms with E-state index in [0.29, 0.717) is 18.9 Å². The number of carboxylic acids is 1. The molecule has 0 radical (unpaired) electrons. The van der Waals surface area contributed by atoms with E-state index in [4.69, 9.17) is 0 Å². The molecule has 1 aromatic carbocycles. The van der Waals surface area contributed by atoms with Crippen molar-refractivity contribution in [2.45, 2.75) is 44.2 Å². The lowest BCUT2D eigenvalue weighted by molar-refractivity contribution is -0.151. The maximum Gasteiger partial charge on any atom is 0.324 e. The van der Waals surface area contributed by atoms with Crippen molar-refractivity contribution in [2.75, 3.05) is 6.54 Å². The fourth-order valence-electron chi connectivity index (χ4n) is 3.37. The predicted octanol–water partition coefficient (Wildman–Crippen LogP) is 2.09. The number of hydrogen-bond donors (Lipinski definition) is 1. The maximum atomic E-state index is 11.9. The van der Waals surface area contributed by atoms with Gasteiger partial charge in [0.05, 0.1) is 0 Å². The number of carbonyl (C=O) groups is 1. The fourth-order valence-corrected chi connectivity index (χ4v) is 3.37. The van der Waals surface area contributed by atoms with Gasteiger partial charge in [-0.15, -0.1) is 0 Å². The average molecular weight is 245 g/mol. The zero-order valence-electron chi connectivity index (χ0n) is 10.7. The molecule has 0 aromatic heterocycles. The van der Waals surface area contributed by atoms with Crippen LogP contribution in [0.5, 0.6) is 0 Å². The van der Waals surface area contributed by atoms with Crippen molar-refractivity contribution >= 4 is 5.97 Å². The molecule has 18 heavy (non-hydrogen) atoms. The molecule has 0 amide bonds. The lowest BCUT2D eigenvalue weighted by Crippen LogP contribution is -2.56. The number of carboxylic acid groups (broad SMARTS) is 1. The molecule has 1 fully saturated rings. The molecular weight excluding hydrogens is 226 g/mol. The van der Waals surface area contributed by atoms with Crippen LogP contribution in [0.2, 0.25) is 0 Å². The first-order chi connectivity index (χ1) is 8.67. The smallest absolute Gasteiger partial charge is 0.324 e. The van der Waals surface area contributed by atoms with Crippen LogP contribution in [-0.4, -0.2) is 34.1 Å². The number of nitrogens with zero attached hydrogens (tertiary/aromatic N) is 1. The molecule has 2 aliphatic rings. The molecule has 0 unspecified atom stereocenters. The first kappa shape index (κ1) is 11.7. The van der Waals surface area contributed by atoms with Crippen LogP contribution in [-0.2, 0) is 17.6 Å². The summed E-state index contributed by atoms with van der Waals surface area (Å²) >= 11 is 0. The van der Waals surface area contributed by atoms with E-state index in [1.807, 2.05) is 12.1 Å². The van der Waals surface area contributed by atoms with Gasteiger partial charge in [-0.2, -0.15) is 0 Å². The van der Waals surface area contributed by atoms with Gasteiger partial charge in [0.15, 0.2) is 0 Å². The second-order valence-corrected chi connectivity index (χ2v) is 5.48. The molecule has 1 aromatic rings. The second-order valence-electron chi connectivity index (χ2n) is 5.48. The lowest BCUT2D eigenvalue weighted by atomic mass is 9.93. The fraction of sp³-hybridized carbons (Fsp3) is 0.533. The molecule has 0 saturated heterocycles. The largest absolute Gasteiger partial charge is 0.480 e. The Morgan fingerprint density at radius 1 is 1.33 bits per heavy atom. The van der Waals surface area contributed by atoms with Gasteiger partial charge in [-0.3, -0.25) is 9.69 Å². The molecular formula is C15H19NO2. The highest BCUT2D eigenvalue weighted by molar-refractivity contribution is 5.81. The molecule has 3 heteroatoms. The van der Waals surface area contributed by atoms with Crippen LogP contribution >= 0.6 is 0 Å². The standard InChI is InChI=1S/C15H19NO2/c1-2-16(13-7-8-13)15(14(17)18)9-11-5-3-4-6-12(11)10-15/h3-6,13H,2,7-10H2,1H3,(H,17,18). The summed E-state index contributed by atoms with van der Waals surface area (Å²) in [5.41, 5.74) is 1.72. The Bertz CT molecular complexity index is 454. The van der Waals surface area contributed by atoms with E-state index in [-0.39, 0.29) is 0 Å². The number of benzene rings is 1. The summed E-state index contributed by atoms with van der Waals surface area (Å²) in [4.78, 5) is 14.1. The number of likely N-dealkylation sites (N-methyl/N-ethyl adjacent to an activating group) is 1. The van der Waals surface area contributed by atoms with Gasteiger partial charge < -0.3 is 5.11 Å². The van der Waals surface area contributed by atoms with E-state index < -0.39 is 11.5 Å². The highest BCUT2D eigenvalue weighted by atomic mass is 16.4. The van der Waals surface area contributed by atoms with Crippen molar-refractivity contribution in [3.8, 4) is 0 Å². The van der Waals surface area contributed by atoms with Crippen LogP contribution in [0.1, 0.15) is 30.9 Å². The number of hydrogen-bond acceptors (Lipinski definition) is 2. The first-order valence-electron chi connectivity index (χ1n) is 6.74. The monoisotopic (exact) mass is 245 g/mol. The number of fused-ring (bicyclic) bond motifs is 1. The van der Waals surface area contributed by atoms with E-state index in [0.717, 1.165) is 19.4 Å². The Morgan fingerprint density at radius 3 is 2.28 bits per heavy atom. The normalized spacial score (nSPS) is 21.0. The van der Waals surface area contributed by atoms with E-state index in [1.165, 1.54) is 11.1 Å². The predicted molar refractivity (Wildman–Crippen MR) is 69.6 cm³/mol. The van der Waals surface area contributed by atoms with Gasteiger partial charge in [0.2, 0.25) is 0 Å². The van der Waals surface area contributed by atoms with Gasteiger partial charge in [-0.25, -0.2) is 0 Å². The summed E-state index contributed by atoms with van der Waals surface area (Å²) < 4.78 is 0. The third kappa shape index (κ3) is 1.65. The van der Waals surface area contributed by atoms with Crippen LogP contribution < -0.4 is 0 Å². The molecule has 1 N–H and O–H groups in total. The third-order valence-corrected chi connectivity index (χ3v) is 4.36. The third-order valence-electron chi connectivity index (χ3n) is 4.36. The second kappa shape index (κ2) is 4.09.